The molecule has 0 saturated carbocycles. The lowest BCUT2D eigenvalue weighted by Gasteiger charge is -2.33. The van der Waals surface area contributed by atoms with Gasteiger partial charge in [-0.15, -0.1) is 11.8 Å². The zero-order chi connectivity index (χ0) is 21.8. The fraction of sp³-hybridized carbons (Fsp3) is 0.167. The van der Waals surface area contributed by atoms with E-state index in [0.717, 1.165) is 16.8 Å². The second-order valence-electron chi connectivity index (χ2n) is 7.55. The Labute approximate surface area is 188 Å². The standard InChI is InChI=1S/C24H18ClFN2O2S/c1-15-22(29)28(18-12-10-17(26)11-13-18)24(31-15)19-7-3-5-9-21(19)27(23(24)30)14-16-6-2-4-8-20(16)25/h2-13,15H,14H2,1H3/t15-,24-/m1/s1. The van der Waals surface area contributed by atoms with Crippen LogP contribution in [0.25, 0.3) is 0 Å². The smallest absolute Gasteiger partial charge is 0.269 e. The number of hydrogen-bond donors (Lipinski definition) is 0. The number of amides is 2. The first-order valence-electron chi connectivity index (χ1n) is 9.86. The van der Waals surface area contributed by atoms with Crippen LogP contribution in [0, 0.1) is 5.82 Å². The first kappa shape index (κ1) is 20.1. The summed E-state index contributed by atoms with van der Waals surface area (Å²) in [7, 11) is 0. The largest absolute Gasteiger partial charge is 0.304 e. The Morgan fingerprint density at radius 1 is 1.00 bits per heavy atom. The highest BCUT2D eigenvalue weighted by Gasteiger charge is 2.63. The fourth-order valence-corrected chi connectivity index (χ4v) is 6.01. The number of anilines is 2. The van der Waals surface area contributed by atoms with Crippen LogP contribution in [0.4, 0.5) is 15.8 Å². The van der Waals surface area contributed by atoms with E-state index in [1.54, 1.807) is 30.0 Å². The summed E-state index contributed by atoms with van der Waals surface area (Å²) in [5.41, 5.74) is 2.80. The number of rotatable bonds is 3. The van der Waals surface area contributed by atoms with Crippen LogP contribution in [0.5, 0.6) is 0 Å². The SMILES string of the molecule is C[C@H]1S[C@]2(C(=O)N(Cc3ccccc3Cl)c3ccccc32)N(c2ccc(F)cc2)C1=O. The van der Waals surface area contributed by atoms with Crippen molar-refractivity contribution in [2.75, 3.05) is 9.80 Å². The van der Waals surface area contributed by atoms with Gasteiger partial charge in [-0.25, -0.2) is 4.39 Å². The first-order chi connectivity index (χ1) is 14.9. The molecule has 4 nitrogen and oxygen atoms in total. The van der Waals surface area contributed by atoms with E-state index in [2.05, 4.69) is 0 Å². The zero-order valence-corrected chi connectivity index (χ0v) is 18.2. The number of thioether (sulfide) groups is 1. The summed E-state index contributed by atoms with van der Waals surface area (Å²) < 4.78 is 13.6. The molecule has 0 N–H and O–H groups in total. The molecule has 0 radical (unpaired) electrons. The van der Waals surface area contributed by atoms with E-state index in [4.69, 9.17) is 11.6 Å². The third kappa shape index (κ3) is 2.97. The predicted octanol–water partition coefficient (Wildman–Crippen LogP) is 5.35. The van der Waals surface area contributed by atoms with Crippen molar-refractivity contribution >= 4 is 46.6 Å². The molecule has 1 saturated heterocycles. The quantitative estimate of drug-likeness (QED) is 0.538. The van der Waals surface area contributed by atoms with Crippen molar-refractivity contribution in [1.29, 1.82) is 0 Å². The number of benzene rings is 3. The highest BCUT2D eigenvalue weighted by atomic mass is 35.5. The molecule has 2 atom stereocenters. The second-order valence-corrected chi connectivity index (χ2v) is 9.49. The molecule has 5 rings (SSSR count). The van der Waals surface area contributed by atoms with Crippen molar-refractivity contribution in [3.8, 4) is 0 Å². The number of para-hydroxylation sites is 1. The predicted molar refractivity (Wildman–Crippen MR) is 122 cm³/mol. The van der Waals surface area contributed by atoms with E-state index in [9.17, 15) is 14.0 Å². The molecule has 1 fully saturated rings. The van der Waals surface area contributed by atoms with Gasteiger partial charge in [-0.3, -0.25) is 14.5 Å². The lowest BCUT2D eigenvalue weighted by atomic mass is 10.0. The maximum Gasteiger partial charge on any atom is 0.269 e. The highest BCUT2D eigenvalue weighted by molar-refractivity contribution is 8.03. The van der Waals surface area contributed by atoms with Crippen LogP contribution in [-0.2, 0) is 21.0 Å². The molecule has 7 heteroatoms. The molecule has 2 amide bonds. The summed E-state index contributed by atoms with van der Waals surface area (Å²) >= 11 is 7.69. The van der Waals surface area contributed by atoms with E-state index < -0.39 is 15.9 Å². The Morgan fingerprint density at radius 2 is 1.68 bits per heavy atom. The van der Waals surface area contributed by atoms with Crippen LogP contribution in [0.2, 0.25) is 5.02 Å². The van der Waals surface area contributed by atoms with Gasteiger partial charge in [0.2, 0.25) is 10.8 Å². The molecule has 2 aliphatic heterocycles. The van der Waals surface area contributed by atoms with Crippen LogP contribution in [-0.4, -0.2) is 17.1 Å². The van der Waals surface area contributed by atoms with Crippen molar-refractivity contribution in [1.82, 2.24) is 0 Å². The monoisotopic (exact) mass is 452 g/mol. The van der Waals surface area contributed by atoms with E-state index in [1.165, 1.54) is 28.8 Å². The van der Waals surface area contributed by atoms with Crippen LogP contribution >= 0.6 is 23.4 Å². The van der Waals surface area contributed by atoms with E-state index in [0.29, 0.717) is 10.7 Å². The number of hydrogen-bond acceptors (Lipinski definition) is 3. The lowest BCUT2D eigenvalue weighted by Crippen LogP contribution is -2.49. The van der Waals surface area contributed by atoms with Crippen molar-refractivity contribution in [3.63, 3.8) is 0 Å². The minimum Gasteiger partial charge on any atom is -0.304 e. The molecule has 3 aromatic carbocycles. The summed E-state index contributed by atoms with van der Waals surface area (Å²) in [4.78, 5) is 29.2. The summed E-state index contributed by atoms with van der Waals surface area (Å²) in [5, 5.41) is 0.148. The Hall–Kier alpha value is -2.83. The van der Waals surface area contributed by atoms with Crippen LogP contribution in [0.1, 0.15) is 18.1 Å². The van der Waals surface area contributed by atoms with E-state index >= 15 is 0 Å². The van der Waals surface area contributed by atoms with Crippen molar-refractivity contribution in [3.05, 3.63) is 94.8 Å². The molecule has 0 aliphatic carbocycles. The molecule has 2 aliphatic rings. The fourth-order valence-electron chi connectivity index (χ4n) is 4.28. The number of carbonyl (C=O) groups excluding carboxylic acids is 2. The molecule has 0 aromatic heterocycles. The Bertz CT molecular complexity index is 1200. The topological polar surface area (TPSA) is 40.6 Å². The van der Waals surface area contributed by atoms with E-state index in [-0.39, 0.29) is 18.4 Å². The van der Waals surface area contributed by atoms with Crippen LogP contribution in [0.15, 0.2) is 72.8 Å². The van der Waals surface area contributed by atoms with Gasteiger partial charge < -0.3 is 4.90 Å². The van der Waals surface area contributed by atoms with Gasteiger partial charge in [-0.05, 0) is 48.9 Å². The molecular weight excluding hydrogens is 435 g/mol. The lowest BCUT2D eigenvalue weighted by molar-refractivity contribution is -0.124. The average molecular weight is 453 g/mol. The number of carbonyl (C=O) groups is 2. The molecule has 0 unspecified atom stereocenters. The van der Waals surface area contributed by atoms with Gasteiger partial charge in [0.25, 0.3) is 5.91 Å². The molecule has 0 bridgehead atoms. The molecule has 3 aromatic rings. The number of nitrogens with zero attached hydrogens (tertiary/aromatic N) is 2. The molecule has 31 heavy (non-hydrogen) atoms. The van der Waals surface area contributed by atoms with Crippen LogP contribution < -0.4 is 9.80 Å². The van der Waals surface area contributed by atoms with Gasteiger partial charge in [0.1, 0.15) is 5.82 Å². The maximum absolute atomic E-state index is 14.0. The van der Waals surface area contributed by atoms with E-state index in [1.807, 2.05) is 42.5 Å². The molecule has 2 heterocycles. The van der Waals surface area contributed by atoms with Gasteiger partial charge in [0, 0.05) is 16.3 Å². The third-order valence-electron chi connectivity index (χ3n) is 5.70. The van der Waals surface area contributed by atoms with Gasteiger partial charge >= 0.3 is 0 Å². The van der Waals surface area contributed by atoms with Gasteiger partial charge in [0.05, 0.1) is 17.5 Å². The number of fused-ring (bicyclic) bond motifs is 2. The number of halogens is 2. The Morgan fingerprint density at radius 3 is 2.42 bits per heavy atom. The molecule has 156 valence electrons. The average Bonchev–Trinajstić information content (AvgIpc) is 3.17. The minimum atomic E-state index is -1.24. The van der Waals surface area contributed by atoms with Gasteiger partial charge in [0.15, 0.2) is 0 Å². The first-order valence-corrected chi connectivity index (χ1v) is 11.1. The highest BCUT2D eigenvalue weighted by Crippen LogP contribution is 2.58. The van der Waals surface area contributed by atoms with Crippen molar-refractivity contribution < 1.29 is 14.0 Å². The summed E-state index contributed by atoms with van der Waals surface area (Å²) in [5.74, 6) is -0.788. The molecule has 1 spiro atoms. The van der Waals surface area contributed by atoms with Crippen molar-refractivity contribution in [2.24, 2.45) is 0 Å². The Kier molecular flexibility index (Phi) is 4.79. The summed E-state index contributed by atoms with van der Waals surface area (Å²) in [6, 6.07) is 20.6. The third-order valence-corrected chi connectivity index (χ3v) is 7.54. The van der Waals surface area contributed by atoms with Crippen molar-refractivity contribution in [2.45, 2.75) is 23.6 Å². The van der Waals surface area contributed by atoms with Crippen LogP contribution in [0.3, 0.4) is 0 Å². The Balaban J connectivity index is 1.67. The minimum absolute atomic E-state index is 0.181. The summed E-state index contributed by atoms with van der Waals surface area (Å²) in [6.07, 6.45) is 0. The van der Waals surface area contributed by atoms with Gasteiger partial charge in [-0.2, -0.15) is 0 Å². The maximum atomic E-state index is 14.0. The second kappa shape index (κ2) is 7.39. The normalized spacial score (nSPS) is 22.5. The zero-order valence-electron chi connectivity index (χ0n) is 16.6. The summed E-state index contributed by atoms with van der Waals surface area (Å²) in [6.45, 7) is 2.09. The molecular formula is C24H18ClFN2O2S. The van der Waals surface area contributed by atoms with Gasteiger partial charge in [-0.1, -0.05) is 48.0 Å².